The molecular weight excluding hydrogens is 532 g/mol. The molecule has 0 saturated heterocycles. The zero-order chi connectivity index (χ0) is 29.9. The molecule has 1 aliphatic carbocycles. The summed E-state index contributed by atoms with van der Waals surface area (Å²) in [6.07, 6.45) is 19.0. The normalized spacial score (nSPS) is 17.3. The minimum atomic E-state index is -0.880. The fourth-order valence-electron chi connectivity index (χ4n) is 6.49. The second kappa shape index (κ2) is 16.1. The molecule has 0 spiro atoms. The molecule has 0 bridgehead atoms. The number of rotatable bonds is 14. The Bertz CT molecular complexity index is 1300. The van der Waals surface area contributed by atoms with E-state index in [1.807, 2.05) is 19.1 Å². The van der Waals surface area contributed by atoms with Crippen molar-refractivity contribution in [3.8, 4) is 22.3 Å². The molecule has 0 atom stereocenters. The van der Waals surface area contributed by atoms with Crippen LogP contribution in [0.2, 0.25) is 0 Å². The molecule has 42 heavy (non-hydrogen) atoms. The summed E-state index contributed by atoms with van der Waals surface area (Å²) in [5.41, 5.74) is 2.18. The minimum absolute atomic E-state index is 0.0562. The van der Waals surface area contributed by atoms with E-state index in [0.717, 1.165) is 38.5 Å². The van der Waals surface area contributed by atoms with Crippen molar-refractivity contribution in [3.63, 3.8) is 0 Å². The fourth-order valence-corrected chi connectivity index (χ4v) is 6.49. The molecular formula is C38H46F4. The minimum Gasteiger partial charge on any atom is -0.203 e. The molecule has 0 aromatic heterocycles. The predicted octanol–water partition coefficient (Wildman–Crippen LogP) is 12.5. The molecule has 0 amide bonds. The van der Waals surface area contributed by atoms with Crippen molar-refractivity contribution < 1.29 is 17.6 Å². The number of hydrogen-bond acceptors (Lipinski definition) is 0. The standard InChI is InChI=1S/C38H46F4/c1-3-5-7-9-10-11-13-27-15-17-28(18-16-27)33-25-26-34(38(42)37(33)41)30-21-19-29(20-22-30)32-24-23-31(35(39)36(32)40)14-12-8-6-4-2/h4,6,19-28H,3,5,7-18H2,1-2H3/b6-4-. The summed E-state index contributed by atoms with van der Waals surface area (Å²) in [5, 5.41) is 0. The SMILES string of the molecule is C/C=C\CCCc1ccc(-c2ccc(-c3ccc(C4CCC(CCCCCCCC)CC4)c(F)c3F)cc2)c(F)c1F. The molecule has 3 aromatic rings. The van der Waals surface area contributed by atoms with E-state index in [1.54, 1.807) is 48.5 Å². The molecule has 4 rings (SSSR count). The van der Waals surface area contributed by atoms with Crippen LogP contribution in [-0.2, 0) is 6.42 Å². The van der Waals surface area contributed by atoms with Crippen LogP contribution in [0.1, 0.15) is 114 Å². The highest BCUT2D eigenvalue weighted by molar-refractivity contribution is 5.71. The molecule has 1 saturated carbocycles. The van der Waals surface area contributed by atoms with E-state index < -0.39 is 23.3 Å². The lowest BCUT2D eigenvalue weighted by molar-refractivity contribution is 0.297. The molecule has 0 N–H and O–H groups in total. The summed E-state index contributed by atoms with van der Waals surface area (Å²) < 4.78 is 60.3. The Morgan fingerprint density at radius 3 is 1.88 bits per heavy atom. The van der Waals surface area contributed by atoms with Crippen LogP contribution in [0.5, 0.6) is 0 Å². The van der Waals surface area contributed by atoms with Crippen LogP contribution >= 0.6 is 0 Å². The first-order chi connectivity index (χ1) is 20.4. The van der Waals surface area contributed by atoms with Gasteiger partial charge < -0.3 is 0 Å². The van der Waals surface area contributed by atoms with E-state index in [0.29, 0.717) is 34.6 Å². The number of aryl methyl sites for hydroxylation is 1. The first kappa shape index (κ1) is 32.0. The summed E-state index contributed by atoms with van der Waals surface area (Å²) in [4.78, 5) is 0. The van der Waals surface area contributed by atoms with E-state index in [9.17, 15) is 8.78 Å². The number of halogens is 4. The Morgan fingerprint density at radius 2 is 1.24 bits per heavy atom. The molecule has 1 aliphatic rings. The Hall–Kier alpha value is -2.88. The third-order valence-electron chi connectivity index (χ3n) is 9.09. The van der Waals surface area contributed by atoms with Crippen LogP contribution in [0, 0.1) is 29.2 Å². The summed E-state index contributed by atoms with van der Waals surface area (Å²) in [6, 6.07) is 13.2. The van der Waals surface area contributed by atoms with Crippen molar-refractivity contribution >= 4 is 0 Å². The summed E-state index contributed by atoms with van der Waals surface area (Å²) in [7, 11) is 0. The van der Waals surface area contributed by atoms with E-state index in [2.05, 4.69) is 6.92 Å². The third-order valence-corrected chi connectivity index (χ3v) is 9.09. The largest absolute Gasteiger partial charge is 0.203 e. The first-order valence-electron chi connectivity index (χ1n) is 16.1. The maximum absolute atomic E-state index is 15.3. The van der Waals surface area contributed by atoms with E-state index in [1.165, 1.54) is 44.9 Å². The van der Waals surface area contributed by atoms with Gasteiger partial charge in [-0.1, -0.05) is 113 Å². The van der Waals surface area contributed by atoms with Gasteiger partial charge in [0.1, 0.15) is 0 Å². The van der Waals surface area contributed by atoms with E-state index in [4.69, 9.17) is 0 Å². The van der Waals surface area contributed by atoms with Gasteiger partial charge >= 0.3 is 0 Å². The molecule has 4 heteroatoms. The lowest BCUT2D eigenvalue weighted by Gasteiger charge is -2.29. The van der Waals surface area contributed by atoms with Gasteiger partial charge in [0.15, 0.2) is 23.3 Å². The monoisotopic (exact) mass is 578 g/mol. The molecule has 0 radical (unpaired) electrons. The zero-order valence-corrected chi connectivity index (χ0v) is 25.3. The van der Waals surface area contributed by atoms with Crippen molar-refractivity contribution in [1.82, 2.24) is 0 Å². The lowest BCUT2D eigenvalue weighted by atomic mass is 9.76. The molecule has 0 heterocycles. The Balaban J connectivity index is 1.38. The molecule has 0 aliphatic heterocycles. The quantitative estimate of drug-likeness (QED) is 0.101. The van der Waals surface area contributed by atoms with Crippen LogP contribution < -0.4 is 0 Å². The average molecular weight is 579 g/mol. The first-order valence-corrected chi connectivity index (χ1v) is 16.1. The van der Waals surface area contributed by atoms with E-state index in [-0.39, 0.29) is 17.0 Å². The van der Waals surface area contributed by atoms with Crippen LogP contribution in [0.3, 0.4) is 0 Å². The maximum Gasteiger partial charge on any atom is 0.166 e. The number of allylic oxidation sites excluding steroid dienone is 2. The molecule has 226 valence electrons. The van der Waals surface area contributed by atoms with Crippen LogP contribution in [0.15, 0.2) is 60.7 Å². The van der Waals surface area contributed by atoms with Gasteiger partial charge in [0.05, 0.1) is 0 Å². The van der Waals surface area contributed by atoms with E-state index >= 15 is 8.78 Å². The summed E-state index contributed by atoms with van der Waals surface area (Å²) in [6.45, 7) is 4.17. The van der Waals surface area contributed by atoms with Crippen molar-refractivity contribution in [2.24, 2.45) is 5.92 Å². The van der Waals surface area contributed by atoms with Crippen LogP contribution in [-0.4, -0.2) is 0 Å². The number of hydrogen-bond donors (Lipinski definition) is 0. The predicted molar refractivity (Wildman–Crippen MR) is 168 cm³/mol. The second-order valence-corrected chi connectivity index (χ2v) is 12.0. The van der Waals surface area contributed by atoms with Gasteiger partial charge in [0.25, 0.3) is 0 Å². The number of benzene rings is 3. The molecule has 3 aromatic carbocycles. The van der Waals surface area contributed by atoms with Gasteiger partial charge in [-0.25, -0.2) is 17.6 Å². The summed E-state index contributed by atoms with van der Waals surface area (Å²) in [5.74, 6) is -2.54. The Labute approximate surface area is 250 Å². The van der Waals surface area contributed by atoms with Gasteiger partial charge in [0, 0.05) is 11.1 Å². The lowest BCUT2D eigenvalue weighted by Crippen LogP contribution is -2.15. The topological polar surface area (TPSA) is 0 Å². The van der Waals surface area contributed by atoms with Crippen molar-refractivity contribution in [3.05, 3.63) is 95.1 Å². The highest BCUT2D eigenvalue weighted by Gasteiger charge is 2.26. The Kier molecular flexibility index (Phi) is 12.3. The van der Waals surface area contributed by atoms with Gasteiger partial charge in [-0.05, 0) is 86.0 Å². The molecule has 1 fully saturated rings. The van der Waals surface area contributed by atoms with Crippen molar-refractivity contribution in [2.45, 2.75) is 110 Å². The molecule has 0 unspecified atom stereocenters. The smallest absolute Gasteiger partial charge is 0.166 e. The average Bonchev–Trinajstić information content (AvgIpc) is 3.01. The summed E-state index contributed by atoms with van der Waals surface area (Å²) >= 11 is 0. The van der Waals surface area contributed by atoms with Crippen LogP contribution in [0.4, 0.5) is 17.6 Å². The van der Waals surface area contributed by atoms with Gasteiger partial charge in [0.2, 0.25) is 0 Å². The van der Waals surface area contributed by atoms with Gasteiger partial charge in [-0.2, -0.15) is 0 Å². The van der Waals surface area contributed by atoms with Gasteiger partial charge in [-0.3, -0.25) is 0 Å². The Morgan fingerprint density at radius 1 is 0.643 bits per heavy atom. The highest BCUT2D eigenvalue weighted by atomic mass is 19.2. The highest BCUT2D eigenvalue weighted by Crippen LogP contribution is 2.40. The van der Waals surface area contributed by atoms with Crippen molar-refractivity contribution in [1.29, 1.82) is 0 Å². The zero-order valence-electron chi connectivity index (χ0n) is 25.3. The van der Waals surface area contributed by atoms with Crippen LogP contribution in [0.25, 0.3) is 22.3 Å². The molecule has 0 nitrogen and oxygen atoms in total. The third kappa shape index (κ3) is 8.14. The van der Waals surface area contributed by atoms with Crippen molar-refractivity contribution in [2.75, 3.05) is 0 Å². The number of unbranched alkanes of at least 4 members (excludes halogenated alkanes) is 6. The maximum atomic E-state index is 15.3. The second-order valence-electron chi connectivity index (χ2n) is 12.0. The van der Waals surface area contributed by atoms with Gasteiger partial charge in [-0.15, -0.1) is 0 Å². The fraction of sp³-hybridized carbons (Fsp3) is 0.474.